The van der Waals surface area contributed by atoms with Crippen LogP contribution in [0.15, 0.2) is 11.6 Å². The third-order valence-corrected chi connectivity index (χ3v) is 12.2. The number of rotatable bonds is 3. The fourth-order valence-electron chi connectivity index (χ4n) is 9.79. The van der Waals surface area contributed by atoms with E-state index >= 15 is 0 Å². The first kappa shape index (κ1) is 27.1. The molecule has 0 radical (unpaired) electrons. The largest absolute Gasteiger partial charge is 0.458 e. The molecule has 2 aliphatic heterocycles. The van der Waals surface area contributed by atoms with Crippen LogP contribution < -0.4 is 0 Å². The highest BCUT2D eigenvalue weighted by atomic mass is 16.7. The van der Waals surface area contributed by atoms with Gasteiger partial charge in [0.2, 0.25) is 0 Å². The van der Waals surface area contributed by atoms with Gasteiger partial charge in [-0.2, -0.15) is 0 Å². The zero-order valence-corrected chi connectivity index (χ0v) is 22.7. The van der Waals surface area contributed by atoms with Gasteiger partial charge >= 0.3 is 5.97 Å². The predicted octanol–water partition coefficient (Wildman–Crippen LogP) is 1.43. The van der Waals surface area contributed by atoms with E-state index in [1.807, 2.05) is 6.92 Å². The molecule has 9 heteroatoms. The third kappa shape index (κ3) is 3.72. The van der Waals surface area contributed by atoms with Crippen molar-refractivity contribution in [1.82, 2.24) is 0 Å². The van der Waals surface area contributed by atoms with Gasteiger partial charge in [-0.15, -0.1) is 0 Å². The van der Waals surface area contributed by atoms with Gasteiger partial charge in [-0.05, 0) is 93.0 Å². The molecule has 0 unspecified atom stereocenters. The molecule has 5 fully saturated rings. The third-order valence-electron chi connectivity index (χ3n) is 12.2. The molecule has 6 aliphatic rings. The molecular weight excluding hydrogens is 492 g/mol. The van der Waals surface area contributed by atoms with Crippen LogP contribution in [0, 0.1) is 34.5 Å². The van der Waals surface area contributed by atoms with E-state index in [-0.39, 0.29) is 41.8 Å². The number of esters is 1. The monoisotopic (exact) mass is 536 g/mol. The minimum Gasteiger partial charge on any atom is -0.458 e. The molecule has 6 rings (SSSR count). The summed E-state index contributed by atoms with van der Waals surface area (Å²) in [5.74, 6) is 0.206. The van der Waals surface area contributed by atoms with Gasteiger partial charge in [0, 0.05) is 11.5 Å². The van der Waals surface area contributed by atoms with Crippen LogP contribution in [0.2, 0.25) is 0 Å². The highest BCUT2D eigenvalue weighted by Crippen LogP contribution is 2.70. The molecule has 0 amide bonds. The molecule has 0 aromatic rings. The molecule has 214 valence electrons. The van der Waals surface area contributed by atoms with E-state index in [9.17, 15) is 30.3 Å². The van der Waals surface area contributed by atoms with Gasteiger partial charge in [0.15, 0.2) is 6.29 Å². The van der Waals surface area contributed by atoms with Crippen LogP contribution in [0.25, 0.3) is 0 Å². The topological polar surface area (TPSA) is 146 Å². The Morgan fingerprint density at radius 2 is 1.71 bits per heavy atom. The van der Waals surface area contributed by atoms with Crippen molar-refractivity contribution >= 4 is 5.97 Å². The van der Waals surface area contributed by atoms with Gasteiger partial charge in [-0.25, -0.2) is 4.79 Å². The van der Waals surface area contributed by atoms with Crippen molar-refractivity contribution in [2.24, 2.45) is 34.5 Å². The summed E-state index contributed by atoms with van der Waals surface area (Å²) in [6.45, 7) is 6.25. The summed E-state index contributed by atoms with van der Waals surface area (Å²) in [6, 6.07) is 0. The lowest BCUT2D eigenvalue weighted by Crippen LogP contribution is -2.67. The fourth-order valence-corrected chi connectivity index (χ4v) is 9.79. The molecule has 38 heavy (non-hydrogen) atoms. The van der Waals surface area contributed by atoms with Crippen LogP contribution in [0.5, 0.6) is 0 Å². The van der Waals surface area contributed by atoms with Crippen molar-refractivity contribution < 1.29 is 44.5 Å². The SMILES string of the molecule is C[C@H]1O[C@@H](O[C@H]2CC[C@@]3(C)[C@@H](CC[C@@H]4[C@@H]3C[C@@H](O)[C@]3(C)[C@@H](C5=CC(=O)OC5)CC[C@]43O)C2)[C@H](O)[C@H](O)[C@@H]1O. The Balaban J connectivity index is 1.19. The zero-order valence-electron chi connectivity index (χ0n) is 22.7. The number of aliphatic hydroxyl groups excluding tert-OH is 4. The number of carbonyl (C=O) groups excluding carboxylic acids is 1. The average Bonchev–Trinajstić information content (AvgIpc) is 3.43. The second-order valence-electron chi connectivity index (χ2n) is 13.6. The number of ether oxygens (including phenoxy) is 3. The van der Waals surface area contributed by atoms with E-state index in [0.29, 0.717) is 18.8 Å². The van der Waals surface area contributed by atoms with Gasteiger partial charge < -0.3 is 39.7 Å². The zero-order chi connectivity index (χ0) is 27.2. The number of fused-ring (bicyclic) bond motifs is 5. The first-order valence-electron chi connectivity index (χ1n) is 14.5. The van der Waals surface area contributed by atoms with Gasteiger partial charge in [-0.1, -0.05) is 13.8 Å². The van der Waals surface area contributed by atoms with E-state index in [4.69, 9.17) is 14.2 Å². The first-order chi connectivity index (χ1) is 17.9. The maximum Gasteiger partial charge on any atom is 0.331 e. The van der Waals surface area contributed by atoms with Crippen LogP contribution in [0.1, 0.15) is 72.1 Å². The van der Waals surface area contributed by atoms with Crippen LogP contribution in [0.3, 0.4) is 0 Å². The van der Waals surface area contributed by atoms with Crippen molar-refractivity contribution in [2.45, 2.75) is 121 Å². The molecule has 5 N–H and O–H groups in total. The van der Waals surface area contributed by atoms with E-state index in [1.54, 1.807) is 13.0 Å². The Labute approximate surface area is 224 Å². The van der Waals surface area contributed by atoms with E-state index < -0.39 is 47.8 Å². The number of aliphatic hydroxyl groups is 5. The van der Waals surface area contributed by atoms with Crippen LogP contribution in [-0.2, 0) is 19.0 Å². The summed E-state index contributed by atoms with van der Waals surface area (Å²) in [4.78, 5) is 11.8. The highest BCUT2D eigenvalue weighted by Gasteiger charge is 2.70. The van der Waals surface area contributed by atoms with Gasteiger partial charge in [0.25, 0.3) is 0 Å². The normalized spacial score (nSPS) is 56.5. The lowest BCUT2D eigenvalue weighted by atomic mass is 9.42. The Hall–Kier alpha value is -1.07. The van der Waals surface area contributed by atoms with Crippen LogP contribution >= 0.6 is 0 Å². The number of hydrogen-bond donors (Lipinski definition) is 5. The average molecular weight is 537 g/mol. The number of cyclic esters (lactones) is 1. The number of carbonyl (C=O) groups is 1. The van der Waals surface area contributed by atoms with Crippen molar-refractivity contribution in [1.29, 1.82) is 0 Å². The predicted molar refractivity (Wildman–Crippen MR) is 134 cm³/mol. The maximum absolute atomic E-state index is 12.4. The van der Waals surface area contributed by atoms with Crippen LogP contribution in [-0.4, -0.2) is 86.6 Å². The molecular formula is C29H44O9. The molecule has 9 nitrogen and oxygen atoms in total. The molecule has 0 aromatic heterocycles. The summed E-state index contributed by atoms with van der Waals surface area (Å²) in [5, 5.41) is 54.7. The van der Waals surface area contributed by atoms with Gasteiger partial charge in [-0.3, -0.25) is 0 Å². The lowest BCUT2D eigenvalue weighted by Gasteiger charge is -2.65. The van der Waals surface area contributed by atoms with Gasteiger partial charge in [0.1, 0.15) is 24.9 Å². The van der Waals surface area contributed by atoms with Gasteiger partial charge in [0.05, 0.1) is 23.9 Å². The molecule has 4 saturated carbocycles. The summed E-state index contributed by atoms with van der Waals surface area (Å²) in [7, 11) is 0. The Bertz CT molecular complexity index is 985. The van der Waals surface area contributed by atoms with E-state index in [0.717, 1.165) is 44.1 Å². The molecule has 14 atom stereocenters. The first-order valence-corrected chi connectivity index (χ1v) is 14.5. The van der Waals surface area contributed by atoms with E-state index in [1.165, 1.54) is 0 Å². The highest BCUT2D eigenvalue weighted by molar-refractivity contribution is 5.85. The van der Waals surface area contributed by atoms with Crippen molar-refractivity contribution in [3.05, 3.63) is 11.6 Å². The van der Waals surface area contributed by atoms with E-state index in [2.05, 4.69) is 6.92 Å². The summed E-state index contributed by atoms with van der Waals surface area (Å²) in [5.41, 5.74) is -0.864. The second kappa shape index (κ2) is 9.23. The molecule has 1 saturated heterocycles. The summed E-state index contributed by atoms with van der Waals surface area (Å²) >= 11 is 0. The maximum atomic E-state index is 12.4. The summed E-state index contributed by atoms with van der Waals surface area (Å²) in [6.07, 6.45) is 1.60. The molecule has 4 aliphatic carbocycles. The molecule has 0 aromatic carbocycles. The lowest BCUT2D eigenvalue weighted by molar-refractivity contribution is -0.311. The second-order valence-corrected chi connectivity index (χ2v) is 13.6. The Morgan fingerprint density at radius 3 is 2.42 bits per heavy atom. The van der Waals surface area contributed by atoms with Crippen molar-refractivity contribution in [3.8, 4) is 0 Å². The molecule has 0 bridgehead atoms. The Kier molecular flexibility index (Phi) is 6.58. The minimum atomic E-state index is -1.31. The number of hydrogen-bond acceptors (Lipinski definition) is 9. The quantitative estimate of drug-likeness (QED) is 0.267. The summed E-state index contributed by atoms with van der Waals surface area (Å²) < 4.78 is 17.1. The van der Waals surface area contributed by atoms with Crippen molar-refractivity contribution in [2.75, 3.05) is 6.61 Å². The Morgan fingerprint density at radius 1 is 0.947 bits per heavy atom. The van der Waals surface area contributed by atoms with Crippen LogP contribution in [0.4, 0.5) is 0 Å². The minimum absolute atomic E-state index is 0.0559. The fraction of sp³-hybridized carbons (Fsp3) is 0.897. The smallest absolute Gasteiger partial charge is 0.331 e. The van der Waals surface area contributed by atoms with Crippen molar-refractivity contribution in [3.63, 3.8) is 0 Å². The molecule has 0 spiro atoms. The standard InChI is InChI=1S/C29H44O9/c1-14-23(32)24(33)25(34)26(37-14)38-17-6-8-27(2)16(11-17)4-5-19-20(27)12-21(30)28(3)18(7-9-29(19,28)35)15-10-22(31)36-13-15/h10,14,16-21,23-26,30,32-35H,4-9,11-13H2,1-3H3/t14-,16+,17+,18-,19-,20+,21-,23-,24-,25-,26+,27+,28+,29+/m1/s1. The molecule has 2 heterocycles.